The van der Waals surface area contributed by atoms with Crippen LogP contribution in [0.1, 0.15) is 219 Å². The first-order valence-corrected chi connectivity index (χ1v) is 26.0. The molecular formula is C54H97NO8. The second-order valence-electron chi connectivity index (χ2n) is 17.9. The number of aliphatic hydroxyl groups is 5. The number of carbonyl (C=O) groups is 1. The molecule has 0 aromatic carbocycles. The molecule has 63 heavy (non-hydrogen) atoms. The third-order valence-corrected chi connectivity index (χ3v) is 12.0. The number of rotatable bonds is 43. The lowest BCUT2D eigenvalue weighted by molar-refractivity contribution is -0.302. The van der Waals surface area contributed by atoms with Gasteiger partial charge in [0.1, 0.15) is 24.4 Å². The summed E-state index contributed by atoms with van der Waals surface area (Å²) in [5.74, 6) is -0.193. The van der Waals surface area contributed by atoms with Crippen molar-refractivity contribution in [2.75, 3.05) is 13.2 Å². The van der Waals surface area contributed by atoms with Gasteiger partial charge in [-0.25, -0.2) is 0 Å². The van der Waals surface area contributed by atoms with Crippen molar-refractivity contribution >= 4 is 5.91 Å². The molecule has 0 spiro atoms. The lowest BCUT2D eigenvalue weighted by atomic mass is 9.99. The van der Waals surface area contributed by atoms with E-state index >= 15 is 0 Å². The fraction of sp³-hybridized carbons (Fsp3) is 0.796. The van der Waals surface area contributed by atoms with Crippen molar-refractivity contribution in [2.45, 2.75) is 262 Å². The van der Waals surface area contributed by atoms with E-state index in [1.54, 1.807) is 6.08 Å². The Hall–Kier alpha value is -2.11. The molecule has 0 radical (unpaired) electrons. The Kier molecular flexibility index (Phi) is 40.9. The molecule has 0 bridgehead atoms. The van der Waals surface area contributed by atoms with Crippen LogP contribution in [0.25, 0.3) is 0 Å². The van der Waals surface area contributed by atoms with Crippen LogP contribution >= 0.6 is 0 Å². The smallest absolute Gasteiger partial charge is 0.220 e. The van der Waals surface area contributed by atoms with E-state index < -0.39 is 49.5 Å². The Bertz CT molecular complexity index is 1170. The van der Waals surface area contributed by atoms with Gasteiger partial charge in [-0.05, 0) is 77.0 Å². The molecule has 6 N–H and O–H groups in total. The van der Waals surface area contributed by atoms with Crippen molar-refractivity contribution in [1.29, 1.82) is 0 Å². The first-order chi connectivity index (χ1) is 30.8. The Labute approximate surface area is 386 Å². The van der Waals surface area contributed by atoms with Crippen LogP contribution in [0, 0.1) is 0 Å². The van der Waals surface area contributed by atoms with E-state index in [1.807, 2.05) is 6.08 Å². The SMILES string of the molecule is CCCCC/C=C/CC/C=C/CC/C=C/C(O)C(COC1OC(CO)C(O)C(O)C1O)NC(=O)CCCCCCCCCCCCCCCCC/C=C\C/C=C\CCCCCCC. The molecule has 9 nitrogen and oxygen atoms in total. The first kappa shape index (κ1) is 58.9. The zero-order chi connectivity index (χ0) is 45.9. The van der Waals surface area contributed by atoms with E-state index in [0.29, 0.717) is 6.42 Å². The first-order valence-electron chi connectivity index (χ1n) is 26.0. The molecule has 0 aliphatic carbocycles. The van der Waals surface area contributed by atoms with Crippen LogP contribution in [0.15, 0.2) is 60.8 Å². The Morgan fingerprint density at radius 2 is 0.952 bits per heavy atom. The standard InChI is InChI=1S/C54H97NO8/c1-3-5-7-9-11-13-15-17-18-19-20-21-22-23-24-25-26-27-28-29-30-32-34-36-38-40-42-44-50(58)55-47(46-62-54-53(61)52(60)51(59)49(45-56)63-54)48(57)43-41-39-37-35-33-31-16-14-12-10-8-6-4-2/h12,14-15,17,19-20,33,35,41,43,47-49,51-54,56-57,59-61H,3-11,13,16,18,21-32,34,36-40,42,44-46H2,1-2H3,(H,55,58)/b14-12+,17-15-,20-19-,35-33+,43-41+. The Morgan fingerprint density at radius 1 is 0.540 bits per heavy atom. The average molecular weight is 888 g/mol. The summed E-state index contributed by atoms with van der Waals surface area (Å²) in [6.07, 6.45) is 51.4. The molecule has 0 aromatic heterocycles. The molecular weight excluding hydrogens is 791 g/mol. The molecule has 9 heteroatoms. The van der Waals surface area contributed by atoms with Crippen LogP contribution in [0.5, 0.6) is 0 Å². The van der Waals surface area contributed by atoms with Crippen LogP contribution in [-0.2, 0) is 14.3 Å². The molecule has 1 aliphatic heterocycles. The second-order valence-corrected chi connectivity index (χ2v) is 17.9. The van der Waals surface area contributed by atoms with Crippen LogP contribution in [-0.4, -0.2) is 87.5 Å². The fourth-order valence-electron chi connectivity index (χ4n) is 7.86. The number of nitrogens with one attached hydrogen (secondary N) is 1. The quantitative estimate of drug-likeness (QED) is 0.0262. The summed E-state index contributed by atoms with van der Waals surface area (Å²) in [7, 11) is 0. The average Bonchev–Trinajstić information content (AvgIpc) is 3.28. The third-order valence-electron chi connectivity index (χ3n) is 12.0. The Balaban J connectivity index is 2.23. The summed E-state index contributed by atoms with van der Waals surface area (Å²) in [6.45, 7) is 3.71. The minimum atomic E-state index is -1.57. The van der Waals surface area contributed by atoms with Gasteiger partial charge < -0.3 is 40.3 Å². The minimum Gasteiger partial charge on any atom is -0.394 e. The second kappa shape index (κ2) is 43.8. The highest BCUT2D eigenvalue weighted by Crippen LogP contribution is 2.23. The van der Waals surface area contributed by atoms with E-state index in [0.717, 1.165) is 57.8 Å². The highest BCUT2D eigenvalue weighted by Gasteiger charge is 2.44. The molecule has 1 rings (SSSR count). The normalized spacial score (nSPS) is 20.7. The van der Waals surface area contributed by atoms with Gasteiger partial charge in [-0.1, -0.05) is 197 Å². The van der Waals surface area contributed by atoms with Crippen LogP contribution in [0.3, 0.4) is 0 Å². The Morgan fingerprint density at radius 3 is 1.46 bits per heavy atom. The lowest BCUT2D eigenvalue weighted by Gasteiger charge is -2.40. The highest BCUT2D eigenvalue weighted by atomic mass is 16.7. The maximum Gasteiger partial charge on any atom is 0.220 e. The highest BCUT2D eigenvalue weighted by molar-refractivity contribution is 5.76. The van der Waals surface area contributed by atoms with Crippen molar-refractivity contribution in [1.82, 2.24) is 5.32 Å². The predicted molar refractivity (Wildman–Crippen MR) is 262 cm³/mol. The van der Waals surface area contributed by atoms with Crippen molar-refractivity contribution in [3.63, 3.8) is 0 Å². The van der Waals surface area contributed by atoms with Crippen LogP contribution in [0.2, 0.25) is 0 Å². The number of ether oxygens (including phenoxy) is 2. The van der Waals surface area contributed by atoms with Crippen molar-refractivity contribution in [3.8, 4) is 0 Å². The number of allylic oxidation sites excluding steroid dienone is 9. The zero-order valence-electron chi connectivity index (χ0n) is 40.3. The monoisotopic (exact) mass is 888 g/mol. The minimum absolute atomic E-state index is 0.193. The van der Waals surface area contributed by atoms with Gasteiger partial charge in [0.25, 0.3) is 0 Å². The molecule has 366 valence electrons. The van der Waals surface area contributed by atoms with Gasteiger partial charge in [0.2, 0.25) is 5.91 Å². The van der Waals surface area contributed by atoms with Gasteiger partial charge in [0.15, 0.2) is 6.29 Å². The number of hydrogen-bond acceptors (Lipinski definition) is 8. The summed E-state index contributed by atoms with van der Waals surface area (Å²) in [5, 5.41) is 54.2. The molecule has 1 amide bonds. The summed E-state index contributed by atoms with van der Waals surface area (Å²) >= 11 is 0. The molecule has 0 aromatic rings. The van der Waals surface area contributed by atoms with E-state index in [1.165, 1.54) is 141 Å². The number of carbonyl (C=O) groups excluding carboxylic acids is 1. The van der Waals surface area contributed by atoms with Crippen LogP contribution in [0.4, 0.5) is 0 Å². The number of unbranched alkanes of at least 4 members (excludes halogenated alkanes) is 25. The molecule has 0 saturated carbocycles. The van der Waals surface area contributed by atoms with Gasteiger partial charge >= 0.3 is 0 Å². The fourth-order valence-corrected chi connectivity index (χ4v) is 7.86. The summed E-state index contributed by atoms with van der Waals surface area (Å²) in [5.41, 5.74) is 0. The van der Waals surface area contributed by atoms with Crippen molar-refractivity contribution in [3.05, 3.63) is 60.8 Å². The number of hydrogen-bond donors (Lipinski definition) is 6. The van der Waals surface area contributed by atoms with Gasteiger partial charge in [-0.2, -0.15) is 0 Å². The zero-order valence-corrected chi connectivity index (χ0v) is 40.3. The van der Waals surface area contributed by atoms with Crippen molar-refractivity contribution < 1.29 is 39.8 Å². The van der Waals surface area contributed by atoms with E-state index in [4.69, 9.17) is 9.47 Å². The molecule has 7 atom stereocenters. The van der Waals surface area contributed by atoms with Gasteiger partial charge in [-0.15, -0.1) is 0 Å². The number of amides is 1. The third kappa shape index (κ3) is 33.9. The maximum absolute atomic E-state index is 13.0. The predicted octanol–water partition coefficient (Wildman–Crippen LogP) is 12.0. The maximum atomic E-state index is 13.0. The number of aliphatic hydroxyl groups excluding tert-OH is 5. The van der Waals surface area contributed by atoms with Gasteiger partial charge in [-0.3, -0.25) is 4.79 Å². The summed E-state index contributed by atoms with van der Waals surface area (Å²) in [6, 6.07) is -0.828. The molecule has 1 heterocycles. The van der Waals surface area contributed by atoms with E-state index in [-0.39, 0.29) is 12.5 Å². The molecule has 7 unspecified atom stereocenters. The van der Waals surface area contributed by atoms with Gasteiger partial charge in [0, 0.05) is 6.42 Å². The molecule has 1 fully saturated rings. The molecule has 1 aliphatic rings. The summed E-state index contributed by atoms with van der Waals surface area (Å²) in [4.78, 5) is 13.0. The van der Waals surface area contributed by atoms with Crippen LogP contribution < -0.4 is 5.32 Å². The van der Waals surface area contributed by atoms with Crippen molar-refractivity contribution in [2.24, 2.45) is 0 Å². The lowest BCUT2D eigenvalue weighted by Crippen LogP contribution is -2.60. The van der Waals surface area contributed by atoms with E-state index in [9.17, 15) is 30.3 Å². The largest absolute Gasteiger partial charge is 0.394 e. The summed E-state index contributed by atoms with van der Waals surface area (Å²) < 4.78 is 11.2. The van der Waals surface area contributed by atoms with E-state index in [2.05, 4.69) is 67.8 Å². The topological polar surface area (TPSA) is 149 Å². The molecule has 1 saturated heterocycles. The van der Waals surface area contributed by atoms with Gasteiger partial charge in [0.05, 0.1) is 25.4 Å².